The SMILES string of the molecule is CSCCC(CBr)c1cccc(Cl)c1. The van der Waals surface area contributed by atoms with Crippen LogP contribution in [0.25, 0.3) is 0 Å². The maximum atomic E-state index is 5.96. The molecule has 1 atom stereocenters. The second-order valence-corrected chi connectivity index (χ2v) is 5.26. The van der Waals surface area contributed by atoms with E-state index < -0.39 is 0 Å². The second-order valence-electron chi connectivity index (χ2n) is 3.19. The van der Waals surface area contributed by atoms with Crippen molar-refractivity contribution >= 4 is 39.3 Å². The van der Waals surface area contributed by atoms with Gasteiger partial charge in [-0.1, -0.05) is 39.7 Å². The van der Waals surface area contributed by atoms with E-state index in [9.17, 15) is 0 Å². The van der Waals surface area contributed by atoms with Gasteiger partial charge in [-0.25, -0.2) is 0 Å². The summed E-state index contributed by atoms with van der Waals surface area (Å²) in [4.78, 5) is 0. The van der Waals surface area contributed by atoms with Crippen molar-refractivity contribution in [1.29, 1.82) is 0 Å². The van der Waals surface area contributed by atoms with Crippen LogP contribution in [-0.2, 0) is 0 Å². The van der Waals surface area contributed by atoms with Gasteiger partial charge in [-0.3, -0.25) is 0 Å². The normalized spacial score (nSPS) is 12.8. The summed E-state index contributed by atoms with van der Waals surface area (Å²) in [5.41, 5.74) is 1.34. The maximum Gasteiger partial charge on any atom is 0.0408 e. The molecule has 0 amide bonds. The molecule has 1 unspecified atom stereocenters. The smallest absolute Gasteiger partial charge is 0.0408 e. The van der Waals surface area contributed by atoms with Crippen molar-refractivity contribution in [2.45, 2.75) is 12.3 Å². The molecule has 78 valence electrons. The molecule has 0 heterocycles. The first kappa shape index (κ1) is 12.4. The Kier molecular flexibility index (Phi) is 5.99. The Morgan fingerprint density at radius 3 is 2.86 bits per heavy atom. The van der Waals surface area contributed by atoms with E-state index >= 15 is 0 Å². The lowest BCUT2D eigenvalue weighted by Gasteiger charge is -2.13. The Labute approximate surface area is 104 Å². The molecule has 0 aliphatic carbocycles. The second kappa shape index (κ2) is 6.76. The number of hydrogen-bond donors (Lipinski definition) is 0. The summed E-state index contributed by atoms with van der Waals surface area (Å²) in [6, 6.07) is 8.16. The first-order chi connectivity index (χ1) is 6.77. The molecule has 0 N–H and O–H groups in total. The Morgan fingerprint density at radius 2 is 2.29 bits per heavy atom. The fourth-order valence-corrected chi connectivity index (χ4v) is 2.77. The van der Waals surface area contributed by atoms with Gasteiger partial charge in [0.1, 0.15) is 0 Å². The molecule has 0 aromatic heterocycles. The number of thioether (sulfide) groups is 1. The predicted molar refractivity (Wildman–Crippen MR) is 71.0 cm³/mol. The molecule has 0 saturated heterocycles. The van der Waals surface area contributed by atoms with E-state index in [0.29, 0.717) is 5.92 Å². The monoisotopic (exact) mass is 292 g/mol. The molecule has 0 spiro atoms. The zero-order valence-corrected chi connectivity index (χ0v) is 11.3. The molecule has 3 heteroatoms. The van der Waals surface area contributed by atoms with Crippen molar-refractivity contribution in [3.05, 3.63) is 34.9 Å². The minimum atomic E-state index is 0.584. The van der Waals surface area contributed by atoms with Crippen LogP contribution in [0.2, 0.25) is 5.02 Å². The quantitative estimate of drug-likeness (QED) is 0.717. The number of rotatable bonds is 5. The average molecular weight is 294 g/mol. The van der Waals surface area contributed by atoms with Gasteiger partial charge in [-0.15, -0.1) is 0 Å². The third-order valence-corrected chi connectivity index (χ3v) is 3.84. The van der Waals surface area contributed by atoms with E-state index in [0.717, 1.165) is 10.4 Å². The van der Waals surface area contributed by atoms with Crippen molar-refractivity contribution in [1.82, 2.24) is 0 Å². The largest absolute Gasteiger partial charge is 0.165 e. The summed E-state index contributed by atoms with van der Waals surface area (Å²) >= 11 is 11.4. The molecule has 1 rings (SSSR count). The molecule has 0 bridgehead atoms. The van der Waals surface area contributed by atoms with Gasteiger partial charge in [0, 0.05) is 10.4 Å². The Hall–Kier alpha value is 0.340. The minimum absolute atomic E-state index is 0.584. The van der Waals surface area contributed by atoms with Crippen LogP contribution in [0.4, 0.5) is 0 Å². The summed E-state index contributed by atoms with van der Waals surface area (Å²) in [5.74, 6) is 1.78. The molecule has 0 nitrogen and oxygen atoms in total. The molecule has 0 aliphatic rings. The van der Waals surface area contributed by atoms with E-state index in [4.69, 9.17) is 11.6 Å². The Bertz CT molecular complexity index is 278. The molecule has 0 aliphatic heterocycles. The number of halogens is 2. The van der Waals surface area contributed by atoms with E-state index in [-0.39, 0.29) is 0 Å². The van der Waals surface area contributed by atoms with E-state index in [1.54, 1.807) is 0 Å². The van der Waals surface area contributed by atoms with Crippen LogP contribution in [0.1, 0.15) is 17.9 Å². The van der Waals surface area contributed by atoms with Gasteiger partial charge >= 0.3 is 0 Å². The van der Waals surface area contributed by atoms with E-state index in [2.05, 4.69) is 34.3 Å². The van der Waals surface area contributed by atoms with Gasteiger partial charge in [0.15, 0.2) is 0 Å². The lowest BCUT2D eigenvalue weighted by atomic mass is 9.99. The van der Waals surface area contributed by atoms with Gasteiger partial charge in [-0.05, 0) is 42.0 Å². The number of hydrogen-bond acceptors (Lipinski definition) is 1. The Balaban J connectivity index is 2.68. The summed E-state index contributed by atoms with van der Waals surface area (Å²) in [5, 5.41) is 1.84. The van der Waals surface area contributed by atoms with Crippen LogP contribution < -0.4 is 0 Å². The standard InChI is InChI=1S/C11H14BrClS/c1-14-6-5-10(8-12)9-3-2-4-11(13)7-9/h2-4,7,10H,5-6,8H2,1H3. The van der Waals surface area contributed by atoms with Crippen molar-refractivity contribution in [2.24, 2.45) is 0 Å². The van der Waals surface area contributed by atoms with Crippen molar-refractivity contribution < 1.29 is 0 Å². The summed E-state index contributed by atoms with van der Waals surface area (Å²) < 4.78 is 0. The van der Waals surface area contributed by atoms with Gasteiger partial charge in [-0.2, -0.15) is 11.8 Å². The molecule has 1 aromatic carbocycles. The highest BCUT2D eigenvalue weighted by Crippen LogP contribution is 2.25. The first-order valence-electron chi connectivity index (χ1n) is 4.58. The van der Waals surface area contributed by atoms with Gasteiger partial charge in [0.05, 0.1) is 0 Å². The molecular weight excluding hydrogens is 280 g/mol. The highest BCUT2D eigenvalue weighted by molar-refractivity contribution is 9.09. The zero-order valence-electron chi connectivity index (χ0n) is 8.17. The fraction of sp³-hybridized carbons (Fsp3) is 0.455. The summed E-state index contributed by atoms with van der Waals surface area (Å²) in [7, 11) is 0. The summed E-state index contributed by atoms with van der Waals surface area (Å²) in [6.45, 7) is 0. The molecule has 14 heavy (non-hydrogen) atoms. The van der Waals surface area contributed by atoms with Crippen molar-refractivity contribution in [3.8, 4) is 0 Å². The predicted octanol–water partition coefficient (Wildman–Crippen LogP) is 4.57. The number of benzene rings is 1. The average Bonchev–Trinajstić information content (AvgIpc) is 2.19. The maximum absolute atomic E-state index is 5.96. The topological polar surface area (TPSA) is 0 Å². The van der Waals surface area contributed by atoms with E-state index in [1.807, 2.05) is 23.9 Å². The molecule has 1 aromatic rings. The highest BCUT2D eigenvalue weighted by Gasteiger charge is 2.09. The van der Waals surface area contributed by atoms with Crippen LogP contribution in [0.3, 0.4) is 0 Å². The van der Waals surface area contributed by atoms with Crippen LogP contribution in [0.5, 0.6) is 0 Å². The molecule has 0 fully saturated rings. The van der Waals surface area contributed by atoms with Crippen molar-refractivity contribution in [2.75, 3.05) is 17.3 Å². The zero-order chi connectivity index (χ0) is 10.4. The third-order valence-electron chi connectivity index (χ3n) is 2.18. The van der Waals surface area contributed by atoms with E-state index in [1.165, 1.54) is 17.7 Å². The summed E-state index contributed by atoms with van der Waals surface area (Å²) in [6.07, 6.45) is 3.34. The van der Waals surface area contributed by atoms with Gasteiger partial charge in [0.25, 0.3) is 0 Å². The van der Waals surface area contributed by atoms with Crippen LogP contribution in [0.15, 0.2) is 24.3 Å². The van der Waals surface area contributed by atoms with Crippen LogP contribution in [-0.4, -0.2) is 17.3 Å². The van der Waals surface area contributed by atoms with Gasteiger partial charge < -0.3 is 0 Å². The van der Waals surface area contributed by atoms with Crippen LogP contribution in [0, 0.1) is 0 Å². The molecular formula is C11H14BrClS. The Morgan fingerprint density at radius 1 is 1.50 bits per heavy atom. The molecule has 0 saturated carbocycles. The highest BCUT2D eigenvalue weighted by atomic mass is 79.9. The first-order valence-corrected chi connectivity index (χ1v) is 7.47. The fourth-order valence-electron chi connectivity index (χ4n) is 1.35. The minimum Gasteiger partial charge on any atom is -0.165 e. The van der Waals surface area contributed by atoms with Crippen LogP contribution >= 0.6 is 39.3 Å². The number of alkyl halides is 1. The lowest BCUT2D eigenvalue weighted by Crippen LogP contribution is -2.01. The van der Waals surface area contributed by atoms with Crippen molar-refractivity contribution in [3.63, 3.8) is 0 Å². The lowest BCUT2D eigenvalue weighted by molar-refractivity contribution is 0.757. The third kappa shape index (κ3) is 3.84. The van der Waals surface area contributed by atoms with Gasteiger partial charge in [0.2, 0.25) is 0 Å². The molecule has 0 radical (unpaired) electrons.